The molecule has 0 fully saturated rings. The zero-order valence-electron chi connectivity index (χ0n) is 6.40. The second-order valence-corrected chi connectivity index (χ2v) is 2.11. The molecule has 2 N–H and O–H groups in total. The van der Waals surface area contributed by atoms with E-state index in [1.807, 2.05) is 0 Å². The Kier molecular flexibility index (Phi) is 3.16. The molecule has 0 atom stereocenters. The molecule has 1 aromatic heterocycles. The molecule has 0 saturated heterocycles. The van der Waals surface area contributed by atoms with Gasteiger partial charge in [0.2, 0.25) is 5.95 Å². The SMILES string of the molecule is O=Cc1cnc(NCCO)nc1. The maximum Gasteiger partial charge on any atom is 0.222 e. The van der Waals surface area contributed by atoms with Crippen LogP contribution in [0.5, 0.6) is 0 Å². The summed E-state index contributed by atoms with van der Waals surface area (Å²) in [6.45, 7) is 0.430. The van der Waals surface area contributed by atoms with E-state index in [2.05, 4.69) is 15.3 Å². The number of aliphatic hydroxyl groups is 1. The molecule has 5 nitrogen and oxygen atoms in total. The van der Waals surface area contributed by atoms with Crippen molar-refractivity contribution in [1.82, 2.24) is 9.97 Å². The minimum absolute atomic E-state index is 0.0266. The Morgan fingerprint density at radius 3 is 2.67 bits per heavy atom. The smallest absolute Gasteiger partial charge is 0.222 e. The first-order valence-electron chi connectivity index (χ1n) is 3.49. The lowest BCUT2D eigenvalue weighted by atomic mass is 10.4. The van der Waals surface area contributed by atoms with Gasteiger partial charge in [-0.3, -0.25) is 4.79 Å². The summed E-state index contributed by atoms with van der Waals surface area (Å²) in [5.41, 5.74) is 0.435. The zero-order chi connectivity index (χ0) is 8.81. The van der Waals surface area contributed by atoms with Gasteiger partial charge < -0.3 is 10.4 Å². The Hall–Kier alpha value is -1.49. The maximum absolute atomic E-state index is 10.2. The van der Waals surface area contributed by atoms with E-state index in [9.17, 15) is 4.79 Å². The van der Waals surface area contributed by atoms with Crippen LogP contribution in [-0.2, 0) is 0 Å². The fourth-order valence-corrected chi connectivity index (χ4v) is 0.658. The van der Waals surface area contributed by atoms with Gasteiger partial charge in [0.25, 0.3) is 0 Å². The first-order valence-corrected chi connectivity index (χ1v) is 3.49. The van der Waals surface area contributed by atoms with E-state index in [4.69, 9.17) is 5.11 Å². The fourth-order valence-electron chi connectivity index (χ4n) is 0.658. The predicted octanol–water partition coefficient (Wildman–Crippen LogP) is -0.307. The third kappa shape index (κ3) is 2.28. The highest BCUT2D eigenvalue weighted by Gasteiger charge is 1.94. The summed E-state index contributed by atoms with van der Waals surface area (Å²) >= 11 is 0. The molecule has 1 heterocycles. The van der Waals surface area contributed by atoms with E-state index in [-0.39, 0.29) is 6.61 Å². The van der Waals surface area contributed by atoms with E-state index in [1.165, 1.54) is 12.4 Å². The minimum Gasteiger partial charge on any atom is -0.395 e. The second-order valence-electron chi connectivity index (χ2n) is 2.11. The van der Waals surface area contributed by atoms with Crippen LogP contribution in [-0.4, -0.2) is 34.5 Å². The van der Waals surface area contributed by atoms with Gasteiger partial charge in [0.05, 0.1) is 12.2 Å². The quantitative estimate of drug-likeness (QED) is 0.602. The van der Waals surface area contributed by atoms with Crippen molar-refractivity contribution in [3.05, 3.63) is 18.0 Å². The number of aliphatic hydroxyl groups excluding tert-OH is 1. The molecular weight excluding hydrogens is 158 g/mol. The van der Waals surface area contributed by atoms with Gasteiger partial charge >= 0.3 is 0 Å². The van der Waals surface area contributed by atoms with Gasteiger partial charge in [0, 0.05) is 18.9 Å². The van der Waals surface area contributed by atoms with Crippen molar-refractivity contribution in [2.24, 2.45) is 0 Å². The van der Waals surface area contributed by atoms with Crippen LogP contribution >= 0.6 is 0 Å². The summed E-state index contributed by atoms with van der Waals surface area (Å²) in [6.07, 6.45) is 3.51. The molecule has 0 aliphatic carbocycles. The van der Waals surface area contributed by atoms with Crippen molar-refractivity contribution in [3.63, 3.8) is 0 Å². The summed E-state index contributed by atoms with van der Waals surface area (Å²) in [5, 5.41) is 11.2. The Labute approximate surface area is 69.5 Å². The van der Waals surface area contributed by atoms with E-state index in [0.29, 0.717) is 24.3 Å². The molecule has 64 valence electrons. The maximum atomic E-state index is 10.2. The molecule has 1 rings (SSSR count). The van der Waals surface area contributed by atoms with Crippen LogP contribution in [0.15, 0.2) is 12.4 Å². The second kappa shape index (κ2) is 4.40. The average molecular weight is 167 g/mol. The molecule has 0 amide bonds. The lowest BCUT2D eigenvalue weighted by molar-refractivity contribution is 0.112. The number of hydrogen-bond acceptors (Lipinski definition) is 5. The molecule has 0 unspecified atom stereocenters. The molecule has 12 heavy (non-hydrogen) atoms. The third-order valence-corrected chi connectivity index (χ3v) is 1.20. The van der Waals surface area contributed by atoms with Crippen molar-refractivity contribution in [2.75, 3.05) is 18.5 Å². The van der Waals surface area contributed by atoms with Crippen molar-refractivity contribution < 1.29 is 9.90 Å². The van der Waals surface area contributed by atoms with E-state index in [1.54, 1.807) is 0 Å². The fraction of sp³-hybridized carbons (Fsp3) is 0.286. The monoisotopic (exact) mass is 167 g/mol. The van der Waals surface area contributed by atoms with Crippen LogP contribution in [0.3, 0.4) is 0 Å². The van der Waals surface area contributed by atoms with Crippen LogP contribution in [0.4, 0.5) is 5.95 Å². The van der Waals surface area contributed by atoms with Crippen molar-refractivity contribution in [1.29, 1.82) is 0 Å². The van der Waals surface area contributed by atoms with Crippen LogP contribution in [0.2, 0.25) is 0 Å². The van der Waals surface area contributed by atoms with Crippen molar-refractivity contribution >= 4 is 12.2 Å². The van der Waals surface area contributed by atoms with Crippen LogP contribution in [0.25, 0.3) is 0 Å². The number of aromatic nitrogens is 2. The van der Waals surface area contributed by atoms with Crippen LogP contribution < -0.4 is 5.32 Å². The van der Waals surface area contributed by atoms with Crippen molar-refractivity contribution in [3.8, 4) is 0 Å². The van der Waals surface area contributed by atoms with Crippen LogP contribution in [0, 0.1) is 0 Å². The molecule has 0 radical (unpaired) electrons. The number of anilines is 1. The first-order chi connectivity index (χ1) is 5.86. The molecule has 0 aliphatic heterocycles. The number of nitrogens with zero attached hydrogens (tertiary/aromatic N) is 2. The van der Waals surface area contributed by atoms with Gasteiger partial charge in [0.15, 0.2) is 6.29 Å². The molecule has 0 spiro atoms. The van der Waals surface area contributed by atoms with Gasteiger partial charge in [-0.1, -0.05) is 0 Å². The molecule has 0 aromatic carbocycles. The summed E-state index contributed by atoms with van der Waals surface area (Å²) in [4.78, 5) is 17.8. The molecular formula is C7H9N3O2. The lowest BCUT2D eigenvalue weighted by Crippen LogP contribution is -2.08. The topological polar surface area (TPSA) is 75.1 Å². The number of nitrogens with one attached hydrogen (secondary N) is 1. The molecule has 0 bridgehead atoms. The number of hydrogen-bond donors (Lipinski definition) is 2. The highest BCUT2D eigenvalue weighted by Crippen LogP contribution is 1.96. The van der Waals surface area contributed by atoms with Gasteiger partial charge in [-0.2, -0.15) is 0 Å². The molecule has 0 aliphatic rings. The van der Waals surface area contributed by atoms with E-state index >= 15 is 0 Å². The minimum atomic E-state index is 0.0266. The summed E-state index contributed by atoms with van der Waals surface area (Å²) in [5.74, 6) is 0.412. The third-order valence-electron chi connectivity index (χ3n) is 1.20. The number of rotatable bonds is 4. The van der Waals surface area contributed by atoms with Crippen molar-refractivity contribution in [2.45, 2.75) is 0 Å². The van der Waals surface area contributed by atoms with Crippen LogP contribution in [0.1, 0.15) is 10.4 Å². The lowest BCUT2D eigenvalue weighted by Gasteiger charge is -2.00. The van der Waals surface area contributed by atoms with E-state index < -0.39 is 0 Å². The van der Waals surface area contributed by atoms with Gasteiger partial charge in [-0.25, -0.2) is 9.97 Å². The molecule has 5 heteroatoms. The zero-order valence-corrected chi connectivity index (χ0v) is 6.40. The Morgan fingerprint density at radius 1 is 1.50 bits per heavy atom. The Bertz CT molecular complexity index is 247. The predicted molar refractivity (Wildman–Crippen MR) is 43.0 cm³/mol. The van der Waals surface area contributed by atoms with Gasteiger partial charge in [-0.05, 0) is 0 Å². The number of aldehydes is 1. The largest absolute Gasteiger partial charge is 0.395 e. The highest BCUT2D eigenvalue weighted by molar-refractivity contribution is 5.73. The highest BCUT2D eigenvalue weighted by atomic mass is 16.3. The van der Waals surface area contributed by atoms with Gasteiger partial charge in [-0.15, -0.1) is 0 Å². The Balaban J connectivity index is 2.58. The normalized spacial score (nSPS) is 9.42. The number of carbonyl (C=O) groups excluding carboxylic acids is 1. The first kappa shape index (κ1) is 8.61. The summed E-state index contributed by atoms with van der Waals surface area (Å²) in [7, 11) is 0. The molecule has 1 aromatic rings. The number of carbonyl (C=O) groups is 1. The average Bonchev–Trinajstić information content (AvgIpc) is 2.15. The van der Waals surface area contributed by atoms with E-state index in [0.717, 1.165) is 0 Å². The van der Waals surface area contributed by atoms with Gasteiger partial charge in [0.1, 0.15) is 0 Å². The summed E-state index contributed by atoms with van der Waals surface area (Å²) in [6, 6.07) is 0. The summed E-state index contributed by atoms with van der Waals surface area (Å²) < 4.78 is 0. The standard InChI is InChI=1S/C7H9N3O2/c11-2-1-8-7-9-3-6(5-12)4-10-7/h3-5,11H,1-2H2,(H,8,9,10). The molecule has 0 saturated carbocycles. The Morgan fingerprint density at radius 2 is 2.17 bits per heavy atom.